The van der Waals surface area contributed by atoms with E-state index < -0.39 is 5.60 Å². The van der Waals surface area contributed by atoms with Crippen molar-refractivity contribution in [3.63, 3.8) is 0 Å². The SMILES string of the molecule is O=C(c1ccc2nc[nH]c2c1)N1CCC[C@](O)(COc2ccccc2)C1. The monoisotopic (exact) mass is 351 g/mol. The number of benzene rings is 2. The summed E-state index contributed by atoms with van der Waals surface area (Å²) in [6.07, 6.45) is 2.97. The van der Waals surface area contributed by atoms with Gasteiger partial charge in [0.05, 0.1) is 23.9 Å². The van der Waals surface area contributed by atoms with Crippen LogP contribution >= 0.6 is 0 Å². The molecule has 1 saturated heterocycles. The van der Waals surface area contributed by atoms with Crippen LogP contribution in [0.2, 0.25) is 0 Å². The summed E-state index contributed by atoms with van der Waals surface area (Å²) >= 11 is 0. The number of hydrogen-bond donors (Lipinski definition) is 2. The number of amides is 1. The van der Waals surface area contributed by atoms with Crippen molar-refractivity contribution in [2.75, 3.05) is 19.7 Å². The molecule has 1 aliphatic rings. The zero-order valence-electron chi connectivity index (χ0n) is 14.4. The molecule has 2 aromatic carbocycles. The number of nitrogens with zero attached hydrogens (tertiary/aromatic N) is 2. The zero-order valence-corrected chi connectivity index (χ0v) is 14.4. The summed E-state index contributed by atoms with van der Waals surface area (Å²) in [5.41, 5.74) is 1.21. The number of likely N-dealkylation sites (tertiary alicyclic amines) is 1. The van der Waals surface area contributed by atoms with E-state index in [1.165, 1.54) is 0 Å². The highest BCUT2D eigenvalue weighted by Gasteiger charge is 2.36. The van der Waals surface area contributed by atoms with Crippen molar-refractivity contribution >= 4 is 16.9 Å². The Bertz CT molecular complexity index is 909. The van der Waals surface area contributed by atoms with Crippen molar-refractivity contribution in [1.82, 2.24) is 14.9 Å². The number of imidazole rings is 1. The van der Waals surface area contributed by atoms with Crippen LogP contribution in [0.3, 0.4) is 0 Å². The van der Waals surface area contributed by atoms with Gasteiger partial charge >= 0.3 is 0 Å². The van der Waals surface area contributed by atoms with Crippen molar-refractivity contribution in [1.29, 1.82) is 0 Å². The van der Waals surface area contributed by atoms with Crippen LogP contribution in [0, 0.1) is 0 Å². The first-order valence-electron chi connectivity index (χ1n) is 8.76. The molecule has 0 aliphatic carbocycles. The van der Waals surface area contributed by atoms with Crippen LogP contribution in [0.5, 0.6) is 5.75 Å². The number of carbonyl (C=O) groups is 1. The van der Waals surface area contributed by atoms with Crippen LogP contribution < -0.4 is 4.74 Å². The van der Waals surface area contributed by atoms with Gasteiger partial charge in [0.2, 0.25) is 0 Å². The molecule has 1 amide bonds. The maximum absolute atomic E-state index is 12.9. The molecule has 0 bridgehead atoms. The molecule has 1 aliphatic heterocycles. The average Bonchev–Trinajstić information content (AvgIpc) is 3.14. The van der Waals surface area contributed by atoms with Gasteiger partial charge in [0, 0.05) is 12.1 Å². The molecule has 26 heavy (non-hydrogen) atoms. The second kappa shape index (κ2) is 6.80. The van der Waals surface area contributed by atoms with Crippen molar-refractivity contribution in [3.05, 3.63) is 60.4 Å². The third kappa shape index (κ3) is 3.41. The number of aromatic nitrogens is 2. The van der Waals surface area contributed by atoms with E-state index in [0.29, 0.717) is 24.3 Å². The van der Waals surface area contributed by atoms with Crippen LogP contribution in [0.1, 0.15) is 23.2 Å². The molecule has 0 saturated carbocycles. The number of aliphatic hydroxyl groups is 1. The van der Waals surface area contributed by atoms with E-state index in [2.05, 4.69) is 9.97 Å². The first-order valence-corrected chi connectivity index (χ1v) is 8.76. The molecule has 2 N–H and O–H groups in total. The fourth-order valence-corrected chi connectivity index (χ4v) is 3.39. The van der Waals surface area contributed by atoms with Crippen LogP contribution in [0.25, 0.3) is 11.0 Å². The van der Waals surface area contributed by atoms with Crippen molar-refractivity contribution < 1.29 is 14.6 Å². The van der Waals surface area contributed by atoms with Gasteiger partial charge in [0.25, 0.3) is 5.91 Å². The van der Waals surface area contributed by atoms with Crippen molar-refractivity contribution in [2.45, 2.75) is 18.4 Å². The lowest BCUT2D eigenvalue weighted by atomic mass is 9.93. The highest BCUT2D eigenvalue weighted by molar-refractivity contribution is 5.97. The normalized spacial score (nSPS) is 20.3. The molecular weight excluding hydrogens is 330 g/mol. The number of aromatic amines is 1. The van der Waals surface area contributed by atoms with Gasteiger partial charge in [-0.3, -0.25) is 4.79 Å². The lowest BCUT2D eigenvalue weighted by Crippen LogP contribution is -2.53. The minimum Gasteiger partial charge on any atom is -0.491 e. The van der Waals surface area contributed by atoms with Gasteiger partial charge in [0.1, 0.15) is 18.0 Å². The van der Waals surface area contributed by atoms with Gasteiger partial charge in [-0.2, -0.15) is 0 Å². The minimum atomic E-state index is -1.04. The summed E-state index contributed by atoms with van der Waals surface area (Å²) in [4.78, 5) is 21.8. The molecule has 6 nitrogen and oxygen atoms in total. The van der Waals surface area contributed by atoms with Crippen LogP contribution in [0.4, 0.5) is 0 Å². The maximum atomic E-state index is 12.9. The quantitative estimate of drug-likeness (QED) is 0.757. The summed E-state index contributed by atoms with van der Waals surface area (Å²) in [5, 5.41) is 10.9. The molecule has 3 aromatic rings. The Morgan fingerprint density at radius 3 is 2.96 bits per heavy atom. The maximum Gasteiger partial charge on any atom is 0.254 e. The lowest BCUT2D eigenvalue weighted by molar-refractivity contribution is -0.0531. The number of carbonyl (C=O) groups excluding carboxylic acids is 1. The van der Waals surface area contributed by atoms with Gasteiger partial charge in [-0.25, -0.2) is 4.98 Å². The topological polar surface area (TPSA) is 78.5 Å². The van der Waals surface area contributed by atoms with Crippen LogP contribution in [-0.2, 0) is 0 Å². The molecule has 6 heteroatoms. The molecule has 0 unspecified atom stereocenters. The van der Waals surface area contributed by atoms with E-state index in [-0.39, 0.29) is 19.1 Å². The van der Waals surface area contributed by atoms with Crippen molar-refractivity contribution in [2.24, 2.45) is 0 Å². The molecular formula is C20H21N3O3. The van der Waals surface area contributed by atoms with E-state index in [1.807, 2.05) is 36.4 Å². The number of piperidine rings is 1. The smallest absolute Gasteiger partial charge is 0.254 e. The molecule has 1 fully saturated rings. The first-order chi connectivity index (χ1) is 12.6. The molecule has 4 rings (SSSR count). The Morgan fingerprint density at radius 2 is 2.12 bits per heavy atom. The second-order valence-electron chi connectivity index (χ2n) is 6.79. The molecule has 134 valence electrons. The Kier molecular flexibility index (Phi) is 4.34. The second-order valence-corrected chi connectivity index (χ2v) is 6.79. The van der Waals surface area contributed by atoms with Crippen LogP contribution in [0.15, 0.2) is 54.9 Å². The number of hydrogen-bond acceptors (Lipinski definition) is 4. The largest absolute Gasteiger partial charge is 0.491 e. The fraction of sp³-hybridized carbons (Fsp3) is 0.300. The van der Waals surface area contributed by atoms with E-state index in [9.17, 15) is 9.90 Å². The predicted molar refractivity (Wildman–Crippen MR) is 98.1 cm³/mol. The predicted octanol–water partition coefficient (Wildman–Crippen LogP) is 2.61. The minimum absolute atomic E-state index is 0.0839. The van der Waals surface area contributed by atoms with Gasteiger partial charge in [-0.15, -0.1) is 0 Å². The standard InChI is InChI=1S/C20H21N3O3/c24-19(15-7-8-17-18(11-15)22-14-21-17)23-10-4-9-20(25,12-23)13-26-16-5-2-1-3-6-16/h1-3,5-8,11,14,25H,4,9-10,12-13H2,(H,21,22)/t20-/m1/s1. The Morgan fingerprint density at radius 1 is 1.27 bits per heavy atom. The number of β-amino-alcohol motifs (C(OH)–C–C–N with tert-alkyl or cyclic N) is 1. The van der Waals surface area contributed by atoms with Crippen molar-refractivity contribution in [3.8, 4) is 5.75 Å². The fourth-order valence-electron chi connectivity index (χ4n) is 3.39. The number of rotatable bonds is 4. The number of H-pyrrole nitrogens is 1. The Labute approximate surface area is 151 Å². The summed E-state index contributed by atoms with van der Waals surface area (Å²) in [5.74, 6) is 0.633. The van der Waals surface area contributed by atoms with Gasteiger partial charge in [-0.05, 0) is 43.2 Å². The van der Waals surface area contributed by atoms with E-state index in [0.717, 1.165) is 17.5 Å². The average molecular weight is 351 g/mol. The molecule has 2 heterocycles. The highest BCUT2D eigenvalue weighted by Crippen LogP contribution is 2.24. The summed E-state index contributed by atoms with van der Waals surface area (Å²) in [6, 6.07) is 14.8. The summed E-state index contributed by atoms with van der Waals surface area (Å²) < 4.78 is 5.73. The molecule has 1 aromatic heterocycles. The summed E-state index contributed by atoms with van der Waals surface area (Å²) in [7, 11) is 0. The third-order valence-corrected chi connectivity index (χ3v) is 4.76. The first kappa shape index (κ1) is 16.6. The Hall–Kier alpha value is -2.86. The number of para-hydroxylation sites is 1. The van der Waals surface area contributed by atoms with Gasteiger partial charge in [0.15, 0.2) is 0 Å². The molecule has 0 radical (unpaired) electrons. The molecule has 1 atom stereocenters. The van der Waals surface area contributed by atoms with E-state index in [4.69, 9.17) is 4.74 Å². The Balaban J connectivity index is 1.45. The number of nitrogens with one attached hydrogen (secondary N) is 1. The van der Waals surface area contributed by atoms with E-state index in [1.54, 1.807) is 23.4 Å². The zero-order chi connectivity index (χ0) is 18.0. The lowest BCUT2D eigenvalue weighted by Gasteiger charge is -2.39. The van der Waals surface area contributed by atoms with Crippen LogP contribution in [-0.4, -0.2) is 51.2 Å². The summed E-state index contributed by atoms with van der Waals surface area (Å²) in [6.45, 7) is 1.06. The third-order valence-electron chi connectivity index (χ3n) is 4.76. The van der Waals surface area contributed by atoms with Gasteiger partial charge in [-0.1, -0.05) is 18.2 Å². The van der Waals surface area contributed by atoms with E-state index >= 15 is 0 Å². The number of ether oxygens (including phenoxy) is 1. The van der Waals surface area contributed by atoms with Gasteiger partial charge < -0.3 is 19.7 Å². The highest BCUT2D eigenvalue weighted by atomic mass is 16.5. The molecule has 0 spiro atoms. The number of fused-ring (bicyclic) bond motifs is 1.